The summed E-state index contributed by atoms with van der Waals surface area (Å²) in [5.74, 6) is 0. The van der Waals surface area contributed by atoms with Crippen LogP contribution in [0.3, 0.4) is 0 Å². The molecule has 0 aliphatic rings. The maximum absolute atomic E-state index is 9.70. The Labute approximate surface area is 77.6 Å². The number of aliphatic hydroxyl groups excluding tert-OH is 1. The minimum absolute atomic E-state index is 0.553. The van der Waals surface area contributed by atoms with Crippen LogP contribution in [-0.2, 0) is 0 Å². The number of hydrogen-bond donors (Lipinski definition) is 2. The summed E-state index contributed by atoms with van der Waals surface area (Å²) in [5.41, 5.74) is 0.753. The van der Waals surface area contributed by atoms with Crippen LogP contribution in [0.25, 0.3) is 0 Å². The lowest BCUT2D eigenvalue weighted by atomic mass is 10.0. The summed E-state index contributed by atoms with van der Waals surface area (Å²) in [6.07, 6.45) is -0.767. The molecule has 0 saturated heterocycles. The van der Waals surface area contributed by atoms with Crippen molar-refractivity contribution < 1.29 is 5.11 Å². The first-order valence-electron chi connectivity index (χ1n) is 4.09. The van der Waals surface area contributed by atoms with E-state index in [2.05, 4.69) is 5.32 Å². The monoisotopic (exact) mass is 176 g/mol. The number of aliphatic hydroxyl groups is 1. The second-order valence-corrected chi connectivity index (χ2v) is 2.75. The van der Waals surface area contributed by atoms with Crippen molar-refractivity contribution >= 4 is 0 Å². The van der Waals surface area contributed by atoms with Crippen LogP contribution in [0, 0.1) is 11.3 Å². The van der Waals surface area contributed by atoms with E-state index in [0.717, 1.165) is 5.56 Å². The molecule has 0 unspecified atom stereocenters. The predicted octanol–water partition coefficient (Wildman–Crippen LogP) is 0.832. The molecule has 0 radical (unpaired) electrons. The Bertz CT molecular complexity index is 292. The van der Waals surface area contributed by atoms with Crippen LogP contribution in [0.15, 0.2) is 30.3 Å². The van der Waals surface area contributed by atoms with E-state index >= 15 is 0 Å². The number of likely N-dealkylation sites (N-methyl/N-ethyl adjacent to an activating group) is 1. The lowest BCUT2D eigenvalue weighted by molar-refractivity contribution is 0.154. The highest BCUT2D eigenvalue weighted by atomic mass is 16.3. The van der Waals surface area contributed by atoms with E-state index in [9.17, 15) is 5.11 Å². The zero-order valence-electron chi connectivity index (χ0n) is 7.44. The Morgan fingerprint density at radius 2 is 2.00 bits per heavy atom. The van der Waals surface area contributed by atoms with Gasteiger partial charge in [-0.25, -0.2) is 0 Å². The maximum Gasteiger partial charge on any atom is 0.125 e. The molecular weight excluding hydrogens is 164 g/mol. The third-order valence-corrected chi connectivity index (χ3v) is 1.91. The molecule has 0 spiro atoms. The Hall–Kier alpha value is -1.37. The topological polar surface area (TPSA) is 56.0 Å². The van der Waals surface area contributed by atoms with Crippen LogP contribution in [0.5, 0.6) is 0 Å². The van der Waals surface area contributed by atoms with Crippen LogP contribution < -0.4 is 5.32 Å². The van der Waals surface area contributed by atoms with Gasteiger partial charge in [0.15, 0.2) is 0 Å². The molecule has 13 heavy (non-hydrogen) atoms. The van der Waals surface area contributed by atoms with Crippen molar-refractivity contribution in [2.45, 2.75) is 12.1 Å². The van der Waals surface area contributed by atoms with Gasteiger partial charge in [-0.15, -0.1) is 0 Å². The summed E-state index contributed by atoms with van der Waals surface area (Å²) >= 11 is 0. The molecule has 2 N–H and O–H groups in total. The second-order valence-electron chi connectivity index (χ2n) is 2.75. The molecule has 0 fully saturated rings. The highest BCUT2D eigenvalue weighted by Gasteiger charge is 2.17. The van der Waals surface area contributed by atoms with Gasteiger partial charge in [0.2, 0.25) is 0 Å². The number of benzene rings is 1. The third kappa shape index (κ3) is 2.28. The van der Waals surface area contributed by atoms with E-state index in [1.54, 1.807) is 19.2 Å². The molecule has 2 atom stereocenters. The van der Waals surface area contributed by atoms with Gasteiger partial charge >= 0.3 is 0 Å². The fourth-order valence-electron chi connectivity index (χ4n) is 1.14. The molecule has 1 rings (SSSR count). The number of nitrogens with zero attached hydrogens (tertiary/aromatic N) is 1. The maximum atomic E-state index is 9.70. The van der Waals surface area contributed by atoms with Crippen LogP contribution in [0.2, 0.25) is 0 Å². The van der Waals surface area contributed by atoms with E-state index in [1.807, 2.05) is 24.3 Å². The standard InChI is InChI=1S/C10H12N2O/c1-12-9(7-11)10(13)8-5-3-2-4-6-8/h2-6,9-10,12-13H,1H3/t9-,10-/m1/s1. The zero-order valence-corrected chi connectivity index (χ0v) is 7.44. The zero-order chi connectivity index (χ0) is 9.68. The first-order valence-corrected chi connectivity index (χ1v) is 4.09. The Morgan fingerprint density at radius 1 is 1.38 bits per heavy atom. The highest BCUT2D eigenvalue weighted by molar-refractivity contribution is 5.20. The second kappa shape index (κ2) is 4.61. The molecule has 3 nitrogen and oxygen atoms in total. The normalized spacial score (nSPS) is 14.5. The third-order valence-electron chi connectivity index (χ3n) is 1.91. The molecule has 0 aliphatic heterocycles. The van der Waals surface area contributed by atoms with Crippen molar-refractivity contribution in [1.82, 2.24) is 5.32 Å². The van der Waals surface area contributed by atoms with Gasteiger partial charge in [0.1, 0.15) is 12.1 Å². The van der Waals surface area contributed by atoms with E-state index < -0.39 is 12.1 Å². The van der Waals surface area contributed by atoms with Crippen LogP contribution in [0.4, 0.5) is 0 Å². The van der Waals surface area contributed by atoms with Crippen LogP contribution >= 0.6 is 0 Å². The summed E-state index contributed by atoms with van der Waals surface area (Å²) in [6.45, 7) is 0. The van der Waals surface area contributed by atoms with Crippen molar-refractivity contribution in [3.63, 3.8) is 0 Å². The lowest BCUT2D eigenvalue weighted by Crippen LogP contribution is -2.30. The molecule has 0 aliphatic carbocycles. The van der Waals surface area contributed by atoms with Gasteiger partial charge < -0.3 is 10.4 Å². The first-order chi connectivity index (χ1) is 6.29. The summed E-state index contributed by atoms with van der Waals surface area (Å²) in [7, 11) is 1.65. The number of rotatable bonds is 3. The van der Waals surface area contributed by atoms with E-state index in [-0.39, 0.29) is 0 Å². The van der Waals surface area contributed by atoms with Crippen molar-refractivity contribution in [2.75, 3.05) is 7.05 Å². The number of hydrogen-bond acceptors (Lipinski definition) is 3. The molecule has 0 heterocycles. The average Bonchev–Trinajstić information content (AvgIpc) is 2.21. The Balaban J connectivity index is 2.79. The quantitative estimate of drug-likeness (QED) is 0.717. The Kier molecular flexibility index (Phi) is 3.44. The summed E-state index contributed by atoms with van der Waals surface area (Å²) in [6, 6.07) is 10.6. The SMILES string of the molecule is CN[C@H](C#N)[C@H](O)c1ccccc1. The number of nitriles is 1. The van der Waals surface area contributed by atoms with E-state index in [1.165, 1.54) is 0 Å². The van der Waals surface area contributed by atoms with Gasteiger partial charge in [-0.3, -0.25) is 0 Å². The van der Waals surface area contributed by atoms with Gasteiger partial charge in [0.05, 0.1) is 6.07 Å². The molecule has 0 aromatic heterocycles. The molecular formula is C10H12N2O. The summed E-state index contributed by atoms with van der Waals surface area (Å²) < 4.78 is 0. The molecule has 1 aromatic carbocycles. The van der Waals surface area contributed by atoms with Gasteiger partial charge in [0.25, 0.3) is 0 Å². The van der Waals surface area contributed by atoms with E-state index in [0.29, 0.717) is 0 Å². The van der Waals surface area contributed by atoms with Crippen LogP contribution in [-0.4, -0.2) is 18.2 Å². The van der Waals surface area contributed by atoms with E-state index in [4.69, 9.17) is 5.26 Å². The molecule has 3 heteroatoms. The average molecular weight is 176 g/mol. The summed E-state index contributed by atoms with van der Waals surface area (Å²) in [4.78, 5) is 0. The molecule has 0 bridgehead atoms. The fourth-order valence-corrected chi connectivity index (χ4v) is 1.14. The largest absolute Gasteiger partial charge is 0.386 e. The first kappa shape index (κ1) is 9.72. The number of nitrogens with one attached hydrogen (secondary N) is 1. The lowest BCUT2D eigenvalue weighted by Gasteiger charge is -2.15. The molecule has 1 aromatic rings. The minimum atomic E-state index is -0.767. The summed E-state index contributed by atoms with van der Waals surface area (Å²) in [5, 5.41) is 21.1. The van der Waals surface area contributed by atoms with Crippen molar-refractivity contribution in [1.29, 1.82) is 5.26 Å². The van der Waals surface area contributed by atoms with Gasteiger partial charge in [-0.05, 0) is 12.6 Å². The van der Waals surface area contributed by atoms with Crippen molar-refractivity contribution in [3.8, 4) is 6.07 Å². The Morgan fingerprint density at radius 3 is 2.46 bits per heavy atom. The molecule has 68 valence electrons. The van der Waals surface area contributed by atoms with Crippen molar-refractivity contribution in [3.05, 3.63) is 35.9 Å². The van der Waals surface area contributed by atoms with Gasteiger partial charge in [-0.1, -0.05) is 30.3 Å². The highest BCUT2D eigenvalue weighted by Crippen LogP contribution is 2.15. The predicted molar refractivity (Wildman–Crippen MR) is 49.9 cm³/mol. The minimum Gasteiger partial charge on any atom is -0.386 e. The van der Waals surface area contributed by atoms with Gasteiger partial charge in [-0.2, -0.15) is 5.26 Å². The molecule has 0 amide bonds. The fraction of sp³-hybridized carbons (Fsp3) is 0.300. The smallest absolute Gasteiger partial charge is 0.125 e. The molecule has 0 saturated carbocycles. The van der Waals surface area contributed by atoms with Crippen LogP contribution in [0.1, 0.15) is 11.7 Å². The van der Waals surface area contributed by atoms with Crippen molar-refractivity contribution in [2.24, 2.45) is 0 Å². The van der Waals surface area contributed by atoms with Gasteiger partial charge in [0, 0.05) is 0 Å².